The predicted octanol–water partition coefficient (Wildman–Crippen LogP) is 4.22. The molecule has 2 nitrogen and oxygen atoms in total. The Labute approximate surface area is 120 Å². The smallest absolute Gasteiger partial charge is 0.230 e. The third kappa shape index (κ3) is 4.70. The highest BCUT2D eigenvalue weighted by Crippen LogP contribution is 2.24. The van der Waals surface area contributed by atoms with Crippen molar-refractivity contribution in [1.82, 2.24) is 4.90 Å². The molecular weight excluding hydrogens is 234 g/mol. The highest BCUT2D eigenvalue weighted by molar-refractivity contribution is 5.83. The maximum atomic E-state index is 12.9. The van der Waals surface area contributed by atoms with Crippen LogP contribution in [0, 0.1) is 0 Å². The normalized spacial score (nSPS) is 17.0. The fourth-order valence-electron chi connectivity index (χ4n) is 2.08. The van der Waals surface area contributed by atoms with Gasteiger partial charge in [-0.25, -0.2) is 0 Å². The zero-order valence-corrected chi connectivity index (χ0v) is 12.4. The van der Waals surface area contributed by atoms with E-state index < -0.39 is 12.3 Å². The molecule has 0 bridgehead atoms. The summed E-state index contributed by atoms with van der Waals surface area (Å²) in [4.78, 5) is 14.5. The standard InChI is InChI=1S/C17H27NO/c1-4-7-9-14-16(15-12-10-8-11-13-15)17(19)18(5-2)6-3/h8,10-13,16H,4-7,9,14H2,1-3H3/i14D,16D. The number of amides is 1. The highest BCUT2D eigenvalue weighted by Gasteiger charge is 2.23. The second-order valence-electron chi connectivity index (χ2n) is 4.60. The molecule has 1 aromatic rings. The summed E-state index contributed by atoms with van der Waals surface area (Å²) in [6.45, 7) is 7.04. The molecule has 0 saturated carbocycles. The molecule has 1 aromatic carbocycles. The molecule has 0 radical (unpaired) electrons. The average Bonchev–Trinajstić information content (AvgIpc) is 2.53. The summed E-state index contributed by atoms with van der Waals surface area (Å²) in [6, 6.07) is 9.13. The van der Waals surface area contributed by atoms with Crippen molar-refractivity contribution in [2.75, 3.05) is 13.1 Å². The maximum absolute atomic E-state index is 12.9. The van der Waals surface area contributed by atoms with Gasteiger partial charge in [0.05, 0.1) is 5.89 Å². The van der Waals surface area contributed by atoms with E-state index in [9.17, 15) is 4.79 Å². The summed E-state index contributed by atoms with van der Waals surface area (Å²) in [7, 11) is 0. The number of nitrogens with zero attached hydrogens (tertiary/aromatic N) is 1. The Hall–Kier alpha value is -1.31. The van der Waals surface area contributed by atoms with Crippen LogP contribution in [0.4, 0.5) is 0 Å². The van der Waals surface area contributed by atoms with Crippen LogP contribution in [0.25, 0.3) is 0 Å². The molecule has 0 N–H and O–H groups in total. The molecule has 0 spiro atoms. The third-order valence-electron chi connectivity index (χ3n) is 3.27. The number of hydrogen-bond donors (Lipinski definition) is 0. The summed E-state index contributed by atoms with van der Waals surface area (Å²) in [5, 5.41) is 0. The van der Waals surface area contributed by atoms with Crippen LogP contribution in [0.2, 0.25) is 0 Å². The lowest BCUT2D eigenvalue weighted by atomic mass is 9.92. The Morgan fingerprint density at radius 3 is 2.37 bits per heavy atom. The van der Waals surface area contributed by atoms with Gasteiger partial charge in [-0.2, -0.15) is 0 Å². The van der Waals surface area contributed by atoms with Crippen molar-refractivity contribution >= 4 is 5.91 Å². The second kappa shape index (κ2) is 8.73. The first-order valence-corrected chi connectivity index (χ1v) is 7.29. The lowest BCUT2D eigenvalue weighted by Crippen LogP contribution is -2.34. The van der Waals surface area contributed by atoms with Crippen LogP contribution >= 0.6 is 0 Å². The first kappa shape index (κ1) is 12.7. The quantitative estimate of drug-likeness (QED) is 0.687. The van der Waals surface area contributed by atoms with Crippen LogP contribution in [0.1, 0.15) is 60.6 Å². The molecule has 1 amide bonds. The number of carbonyl (C=O) groups is 1. The van der Waals surface area contributed by atoms with E-state index >= 15 is 0 Å². The Balaban J connectivity index is 3.19. The zero-order valence-electron chi connectivity index (χ0n) is 14.4. The second-order valence-corrected chi connectivity index (χ2v) is 4.60. The molecule has 19 heavy (non-hydrogen) atoms. The van der Waals surface area contributed by atoms with E-state index in [0.717, 1.165) is 12.8 Å². The molecule has 0 heterocycles. The fourth-order valence-corrected chi connectivity index (χ4v) is 2.08. The van der Waals surface area contributed by atoms with Crippen molar-refractivity contribution in [3.8, 4) is 0 Å². The van der Waals surface area contributed by atoms with E-state index in [4.69, 9.17) is 2.74 Å². The van der Waals surface area contributed by atoms with Crippen molar-refractivity contribution in [2.24, 2.45) is 0 Å². The lowest BCUT2D eigenvalue weighted by Gasteiger charge is -2.25. The van der Waals surface area contributed by atoms with Crippen LogP contribution in [-0.4, -0.2) is 23.9 Å². The summed E-state index contributed by atoms with van der Waals surface area (Å²) in [5.74, 6) is -1.77. The molecule has 2 atom stereocenters. The number of likely N-dealkylation sites (N-methyl/N-ethyl adjacent to an activating group) is 1. The van der Waals surface area contributed by atoms with Crippen LogP contribution in [0.3, 0.4) is 0 Å². The van der Waals surface area contributed by atoms with Gasteiger partial charge in [0, 0.05) is 15.8 Å². The van der Waals surface area contributed by atoms with Crippen LogP contribution in [-0.2, 0) is 4.79 Å². The van der Waals surface area contributed by atoms with E-state index in [-0.39, 0.29) is 5.91 Å². The fraction of sp³-hybridized carbons (Fsp3) is 0.588. The van der Waals surface area contributed by atoms with E-state index in [1.165, 1.54) is 0 Å². The summed E-state index contributed by atoms with van der Waals surface area (Å²) in [5.41, 5.74) is 0.623. The molecule has 1 rings (SSSR count). The summed E-state index contributed by atoms with van der Waals surface area (Å²) in [6.07, 6.45) is 1.67. The van der Waals surface area contributed by atoms with Crippen LogP contribution in [0.15, 0.2) is 30.3 Å². The number of hydrogen-bond acceptors (Lipinski definition) is 1. The van der Waals surface area contributed by atoms with Crippen molar-refractivity contribution < 1.29 is 7.54 Å². The average molecular weight is 263 g/mol. The van der Waals surface area contributed by atoms with Gasteiger partial charge in [-0.05, 0) is 25.8 Å². The Kier molecular flexibility index (Phi) is 5.84. The molecule has 106 valence electrons. The molecule has 0 aliphatic rings. The van der Waals surface area contributed by atoms with Gasteiger partial charge in [-0.3, -0.25) is 4.79 Å². The number of unbranched alkanes of at least 4 members (excludes halogenated alkanes) is 1. The van der Waals surface area contributed by atoms with Crippen molar-refractivity contribution in [3.63, 3.8) is 0 Å². The monoisotopic (exact) mass is 263 g/mol. The maximum Gasteiger partial charge on any atom is 0.230 e. The van der Waals surface area contributed by atoms with Crippen LogP contribution in [0.5, 0.6) is 0 Å². The van der Waals surface area contributed by atoms with Gasteiger partial charge in [0.15, 0.2) is 0 Å². The SMILES string of the molecule is [2H]C(CCCC)C([2H])(C(=O)N(CC)CC)c1ccccc1. The molecule has 0 saturated heterocycles. The van der Waals surface area contributed by atoms with Gasteiger partial charge in [-0.1, -0.05) is 56.5 Å². The van der Waals surface area contributed by atoms with Gasteiger partial charge >= 0.3 is 0 Å². The zero-order chi connectivity index (χ0) is 15.9. The van der Waals surface area contributed by atoms with Crippen molar-refractivity contribution in [3.05, 3.63) is 35.9 Å². The number of rotatable bonds is 8. The minimum atomic E-state index is -1.51. The van der Waals surface area contributed by atoms with Gasteiger partial charge < -0.3 is 4.90 Å². The van der Waals surface area contributed by atoms with E-state index in [1.807, 2.05) is 32.0 Å². The highest BCUT2D eigenvalue weighted by atomic mass is 16.2. The van der Waals surface area contributed by atoms with Gasteiger partial charge in [0.25, 0.3) is 0 Å². The minimum absolute atomic E-state index is 0.255. The molecule has 2 heteroatoms. The molecule has 0 fully saturated rings. The molecular formula is C17H27NO. The lowest BCUT2D eigenvalue weighted by molar-refractivity contribution is -0.132. The summed E-state index contributed by atoms with van der Waals surface area (Å²) < 4.78 is 17.2. The number of benzene rings is 1. The van der Waals surface area contributed by atoms with Gasteiger partial charge in [-0.15, -0.1) is 0 Å². The Morgan fingerprint density at radius 1 is 1.21 bits per heavy atom. The Bertz CT molecular complexity index is 434. The van der Waals surface area contributed by atoms with E-state index in [2.05, 4.69) is 6.92 Å². The minimum Gasteiger partial charge on any atom is -0.343 e. The van der Waals surface area contributed by atoms with E-state index in [1.54, 1.807) is 17.0 Å². The predicted molar refractivity (Wildman–Crippen MR) is 81.3 cm³/mol. The van der Waals surface area contributed by atoms with Gasteiger partial charge in [0.1, 0.15) is 0 Å². The molecule has 0 aliphatic carbocycles. The summed E-state index contributed by atoms with van der Waals surface area (Å²) >= 11 is 0. The molecule has 0 aliphatic heterocycles. The number of carbonyl (C=O) groups excluding carboxylic acids is 1. The van der Waals surface area contributed by atoms with Crippen LogP contribution < -0.4 is 0 Å². The van der Waals surface area contributed by atoms with Crippen molar-refractivity contribution in [1.29, 1.82) is 0 Å². The van der Waals surface area contributed by atoms with Gasteiger partial charge in [0.2, 0.25) is 5.91 Å². The molecule has 0 aromatic heterocycles. The first-order chi connectivity index (χ1) is 10.0. The largest absolute Gasteiger partial charge is 0.343 e. The Morgan fingerprint density at radius 2 is 1.84 bits per heavy atom. The van der Waals surface area contributed by atoms with E-state index in [0.29, 0.717) is 25.1 Å². The first-order valence-electron chi connectivity index (χ1n) is 8.37. The van der Waals surface area contributed by atoms with Crippen molar-refractivity contribution in [2.45, 2.75) is 52.3 Å². The molecule has 2 unspecified atom stereocenters. The third-order valence-corrected chi connectivity index (χ3v) is 3.27. The topological polar surface area (TPSA) is 20.3 Å².